The number of benzene rings is 1. The van der Waals surface area contributed by atoms with Gasteiger partial charge in [-0.3, -0.25) is 0 Å². The van der Waals surface area contributed by atoms with Gasteiger partial charge in [-0.15, -0.1) is 0 Å². The molecular formula is C21H19F17O2. The number of halogens is 17. The topological polar surface area (TPSA) is 29.5 Å². The lowest BCUT2D eigenvalue weighted by Crippen LogP contribution is -2.74. The summed E-state index contributed by atoms with van der Waals surface area (Å²) in [6.07, 6.45) is -10.8. The van der Waals surface area contributed by atoms with E-state index in [2.05, 4.69) is 0 Å². The van der Waals surface area contributed by atoms with Crippen molar-refractivity contribution in [2.24, 2.45) is 5.92 Å². The van der Waals surface area contributed by atoms with Crippen molar-refractivity contribution in [1.82, 2.24) is 0 Å². The quantitative estimate of drug-likeness (QED) is 0.237. The summed E-state index contributed by atoms with van der Waals surface area (Å²) in [6, 6.07) is 3.33. The van der Waals surface area contributed by atoms with Crippen molar-refractivity contribution in [2.75, 3.05) is 6.61 Å². The fraction of sp³-hybridized carbons (Fsp3) is 0.714. The molecule has 2 nitrogen and oxygen atoms in total. The molecule has 0 radical (unpaired) electrons. The minimum absolute atomic E-state index is 0.00957. The molecule has 0 heterocycles. The molecule has 0 aliphatic rings. The molecule has 0 bridgehead atoms. The van der Waals surface area contributed by atoms with Gasteiger partial charge in [-0.2, -0.15) is 74.6 Å². The number of ether oxygens (including phenoxy) is 1. The fourth-order valence-corrected chi connectivity index (χ4v) is 3.01. The fourth-order valence-electron chi connectivity index (χ4n) is 3.01. The minimum Gasteiger partial charge on any atom is -0.493 e. The van der Waals surface area contributed by atoms with E-state index in [4.69, 9.17) is 4.74 Å². The predicted octanol–water partition coefficient (Wildman–Crippen LogP) is 8.33. The molecule has 1 N–H and O–H groups in total. The molecule has 1 atom stereocenters. The van der Waals surface area contributed by atoms with Gasteiger partial charge in [-0.1, -0.05) is 26.0 Å². The van der Waals surface area contributed by atoms with Crippen LogP contribution in [0.25, 0.3) is 0 Å². The second kappa shape index (κ2) is 10.3. The Hall–Kier alpha value is -2.21. The van der Waals surface area contributed by atoms with Gasteiger partial charge in [0.05, 0.1) is 18.6 Å². The average Bonchev–Trinajstić information content (AvgIpc) is 2.75. The Kier molecular flexibility index (Phi) is 9.18. The van der Waals surface area contributed by atoms with Gasteiger partial charge in [0.15, 0.2) is 0 Å². The molecule has 0 amide bonds. The molecule has 19 heteroatoms. The Balaban J connectivity index is 3.49. The van der Waals surface area contributed by atoms with Crippen LogP contribution in [0.4, 0.5) is 74.6 Å². The van der Waals surface area contributed by atoms with Gasteiger partial charge in [-0.05, 0) is 30.5 Å². The summed E-state index contributed by atoms with van der Waals surface area (Å²) in [6.45, 7) is 3.75. The van der Waals surface area contributed by atoms with Crippen LogP contribution in [0.3, 0.4) is 0 Å². The number of hydrogen-bond acceptors (Lipinski definition) is 2. The zero-order chi connectivity index (χ0) is 32.2. The highest BCUT2D eigenvalue weighted by atomic mass is 19.4. The molecule has 1 unspecified atom stereocenters. The monoisotopic (exact) mass is 626 g/mol. The van der Waals surface area contributed by atoms with E-state index >= 15 is 0 Å². The standard InChI is InChI=1S/C21H19F17O2/c1-10(2)8-40-12-6-4-11(5-7-12)13(3,39)9-14(22,23)15(24,25)16(26,27)17(28,29)18(30,31)19(32,33)20(34,35)21(36,37)38/h4-7,10,39H,8-9H2,1-3H3. The van der Waals surface area contributed by atoms with Crippen LogP contribution in [0, 0.1) is 5.92 Å². The summed E-state index contributed by atoms with van der Waals surface area (Å²) in [4.78, 5) is 0. The lowest BCUT2D eigenvalue weighted by atomic mass is 9.83. The van der Waals surface area contributed by atoms with Crippen molar-refractivity contribution in [1.29, 1.82) is 0 Å². The third-order valence-electron chi connectivity index (χ3n) is 5.41. The zero-order valence-electron chi connectivity index (χ0n) is 20.1. The maximum Gasteiger partial charge on any atom is 0.460 e. The highest BCUT2D eigenvalue weighted by Gasteiger charge is 2.95. The van der Waals surface area contributed by atoms with Crippen LogP contribution in [0.2, 0.25) is 0 Å². The Morgan fingerprint density at radius 3 is 1.30 bits per heavy atom. The van der Waals surface area contributed by atoms with E-state index < -0.39 is 65.2 Å². The summed E-state index contributed by atoms with van der Waals surface area (Å²) >= 11 is 0. The summed E-state index contributed by atoms with van der Waals surface area (Å²) in [7, 11) is 0. The van der Waals surface area contributed by atoms with E-state index in [1.54, 1.807) is 13.8 Å². The predicted molar refractivity (Wildman–Crippen MR) is 102 cm³/mol. The van der Waals surface area contributed by atoms with E-state index in [1.165, 1.54) is 0 Å². The van der Waals surface area contributed by atoms with E-state index in [-0.39, 0.29) is 25.2 Å². The Labute approximate surface area is 214 Å². The van der Waals surface area contributed by atoms with Crippen LogP contribution >= 0.6 is 0 Å². The smallest absolute Gasteiger partial charge is 0.460 e. The minimum atomic E-state index is -8.70. The Bertz CT molecular complexity index is 1010. The SMILES string of the molecule is CC(C)COc1ccc(C(C)(O)CC(F)(F)C(F)(F)C(F)(F)C(F)(F)C(F)(F)C(F)(F)C(F)(F)C(F)(F)F)cc1. The maximum atomic E-state index is 14.3. The molecule has 40 heavy (non-hydrogen) atoms. The van der Waals surface area contributed by atoms with Gasteiger partial charge in [0.2, 0.25) is 0 Å². The van der Waals surface area contributed by atoms with Crippen molar-refractivity contribution in [2.45, 2.75) is 80.4 Å². The molecule has 0 saturated heterocycles. The van der Waals surface area contributed by atoms with Gasteiger partial charge in [-0.25, -0.2) is 0 Å². The van der Waals surface area contributed by atoms with E-state index in [0.29, 0.717) is 12.1 Å². The Morgan fingerprint density at radius 2 is 0.950 bits per heavy atom. The third-order valence-corrected chi connectivity index (χ3v) is 5.41. The van der Waals surface area contributed by atoms with E-state index in [1.807, 2.05) is 0 Å². The van der Waals surface area contributed by atoms with Gasteiger partial charge in [0, 0.05) is 0 Å². The first-order valence-corrected chi connectivity index (χ1v) is 10.5. The third kappa shape index (κ3) is 5.62. The second-order valence-corrected chi connectivity index (χ2v) is 9.33. The summed E-state index contributed by atoms with van der Waals surface area (Å²) in [5.41, 5.74) is -4.17. The molecule has 0 saturated carbocycles. The van der Waals surface area contributed by atoms with E-state index in [0.717, 1.165) is 12.1 Å². The molecule has 1 aromatic carbocycles. The van der Waals surface area contributed by atoms with Gasteiger partial charge in [0.1, 0.15) is 5.75 Å². The highest BCUT2D eigenvalue weighted by molar-refractivity contribution is 5.31. The largest absolute Gasteiger partial charge is 0.493 e. The molecule has 0 aliphatic heterocycles. The van der Waals surface area contributed by atoms with Crippen molar-refractivity contribution in [3.05, 3.63) is 29.8 Å². The molecule has 0 spiro atoms. The van der Waals surface area contributed by atoms with Crippen LogP contribution in [0.5, 0.6) is 5.75 Å². The lowest BCUT2D eigenvalue weighted by molar-refractivity contribution is -0.462. The van der Waals surface area contributed by atoms with Gasteiger partial charge in [0.25, 0.3) is 0 Å². The highest BCUT2D eigenvalue weighted by Crippen LogP contribution is 2.64. The summed E-state index contributed by atoms with van der Waals surface area (Å²) < 4.78 is 233. The van der Waals surface area contributed by atoms with Crippen molar-refractivity contribution in [3.8, 4) is 5.75 Å². The number of aliphatic hydroxyl groups is 1. The molecule has 0 aromatic heterocycles. The zero-order valence-corrected chi connectivity index (χ0v) is 20.1. The van der Waals surface area contributed by atoms with Crippen LogP contribution in [-0.4, -0.2) is 59.3 Å². The molecule has 1 rings (SSSR count). The molecule has 0 aliphatic carbocycles. The molecule has 234 valence electrons. The average molecular weight is 626 g/mol. The molecule has 1 aromatic rings. The normalized spacial score (nSPS) is 16.8. The number of rotatable bonds is 12. The lowest BCUT2D eigenvalue weighted by Gasteiger charge is -2.43. The van der Waals surface area contributed by atoms with Crippen LogP contribution < -0.4 is 4.74 Å². The summed E-state index contributed by atoms with van der Waals surface area (Å²) in [5, 5.41) is 10.2. The summed E-state index contributed by atoms with van der Waals surface area (Å²) in [5.74, 6) is -57.1. The van der Waals surface area contributed by atoms with Gasteiger partial charge < -0.3 is 9.84 Å². The molecule has 0 fully saturated rings. The number of alkyl halides is 17. The van der Waals surface area contributed by atoms with Crippen molar-refractivity contribution >= 4 is 0 Å². The van der Waals surface area contributed by atoms with Crippen LogP contribution in [0.15, 0.2) is 24.3 Å². The molecular weight excluding hydrogens is 607 g/mol. The van der Waals surface area contributed by atoms with Crippen molar-refractivity contribution < 1.29 is 84.5 Å². The van der Waals surface area contributed by atoms with Gasteiger partial charge >= 0.3 is 47.6 Å². The number of hydrogen-bond donors (Lipinski definition) is 1. The first-order valence-electron chi connectivity index (χ1n) is 10.5. The maximum absolute atomic E-state index is 14.3. The second-order valence-electron chi connectivity index (χ2n) is 9.33. The van der Waals surface area contributed by atoms with Crippen LogP contribution in [-0.2, 0) is 5.60 Å². The van der Waals surface area contributed by atoms with Crippen LogP contribution in [0.1, 0.15) is 32.8 Å². The van der Waals surface area contributed by atoms with Crippen molar-refractivity contribution in [3.63, 3.8) is 0 Å². The first kappa shape index (κ1) is 35.8. The first-order chi connectivity index (χ1) is 17.3. The Morgan fingerprint density at radius 1 is 0.600 bits per heavy atom. The van der Waals surface area contributed by atoms with E-state index in [9.17, 15) is 79.7 Å².